The smallest absolute Gasteiger partial charge is 0.319 e. The minimum Gasteiger partial charge on any atom is -0.335 e. The van der Waals surface area contributed by atoms with E-state index in [4.69, 9.17) is 0 Å². The Hall–Kier alpha value is -1.51. The highest BCUT2D eigenvalue weighted by atomic mass is 16.2. The zero-order valence-electron chi connectivity index (χ0n) is 11.4. The normalized spacial score (nSPS) is 16.4. The van der Waals surface area contributed by atoms with Gasteiger partial charge in [-0.15, -0.1) is 0 Å². The van der Waals surface area contributed by atoms with E-state index in [0.29, 0.717) is 11.8 Å². The van der Waals surface area contributed by atoms with Crippen molar-refractivity contribution in [3.8, 4) is 0 Å². The van der Waals surface area contributed by atoms with Crippen molar-refractivity contribution in [3.63, 3.8) is 0 Å². The van der Waals surface area contributed by atoms with Crippen molar-refractivity contribution in [1.29, 1.82) is 0 Å². The second-order valence-corrected chi connectivity index (χ2v) is 5.47. The van der Waals surface area contributed by atoms with Gasteiger partial charge in [0.1, 0.15) is 0 Å². The summed E-state index contributed by atoms with van der Waals surface area (Å²) in [6.07, 6.45) is 2.48. The van der Waals surface area contributed by atoms with Gasteiger partial charge in [-0.3, -0.25) is 0 Å². The highest BCUT2D eigenvalue weighted by molar-refractivity contribution is 5.90. The number of carbonyl (C=O) groups is 1. The fourth-order valence-electron chi connectivity index (χ4n) is 2.19. The number of carbonyl (C=O) groups excluding carboxylic acids is 1. The highest BCUT2D eigenvalue weighted by Gasteiger charge is 2.28. The molecule has 0 aliphatic heterocycles. The van der Waals surface area contributed by atoms with E-state index in [-0.39, 0.29) is 12.1 Å². The van der Waals surface area contributed by atoms with E-state index in [1.807, 2.05) is 18.2 Å². The van der Waals surface area contributed by atoms with Gasteiger partial charge in [0, 0.05) is 11.7 Å². The van der Waals surface area contributed by atoms with Gasteiger partial charge >= 0.3 is 6.03 Å². The molecule has 0 heterocycles. The summed E-state index contributed by atoms with van der Waals surface area (Å²) in [6.45, 7) is 6.34. The van der Waals surface area contributed by atoms with Crippen LogP contribution in [-0.2, 0) is 0 Å². The van der Waals surface area contributed by atoms with Gasteiger partial charge < -0.3 is 10.6 Å². The number of para-hydroxylation sites is 1. The van der Waals surface area contributed by atoms with Gasteiger partial charge in [-0.25, -0.2) is 4.79 Å². The summed E-state index contributed by atoms with van der Waals surface area (Å²) in [5.41, 5.74) is 2.08. The molecule has 0 radical (unpaired) electrons. The first-order valence-electron chi connectivity index (χ1n) is 6.74. The van der Waals surface area contributed by atoms with E-state index < -0.39 is 0 Å². The number of nitrogens with one attached hydrogen (secondary N) is 2. The van der Waals surface area contributed by atoms with E-state index in [9.17, 15) is 4.79 Å². The van der Waals surface area contributed by atoms with Crippen LogP contribution >= 0.6 is 0 Å². The second kappa shape index (κ2) is 5.42. The summed E-state index contributed by atoms with van der Waals surface area (Å²) < 4.78 is 0. The lowest BCUT2D eigenvalue weighted by atomic mass is 10.0. The van der Waals surface area contributed by atoms with E-state index >= 15 is 0 Å². The molecule has 1 aromatic carbocycles. The maximum Gasteiger partial charge on any atom is 0.319 e. The molecular weight excluding hydrogens is 224 g/mol. The number of amides is 2. The lowest BCUT2D eigenvalue weighted by molar-refractivity contribution is 0.248. The summed E-state index contributed by atoms with van der Waals surface area (Å²) in [5.74, 6) is 1.08. The maximum absolute atomic E-state index is 11.9. The lowest BCUT2D eigenvalue weighted by Crippen LogP contribution is -2.37. The summed E-state index contributed by atoms with van der Waals surface area (Å²) in [4.78, 5) is 11.9. The Bertz CT molecular complexity index is 424. The Morgan fingerprint density at radius 3 is 2.50 bits per heavy atom. The first kappa shape index (κ1) is 12.9. The van der Waals surface area contributed by atoms with Crippen LogP contribution in [-0.4, -0.2) is 12.1 Å². The molecule has 2 N–H and O–H groups in total. The Morgan fingerprint density at radius 1 is 1.22 bits per heavy atom. The third-order valence-electron chi connectivity index (χ3n) is 3.52. The van der Waals surface area contributed by atoms with Crippen LogP contribution in [0, 0.1) is 5.92 Å². The summed E-state index contributed by atoms with van der Waals surface area (Å²) >= 11 is 0. The molecule has 18 heavy (non-hydrogen) atoms. The molecule has 1 aliphatic rings. The Morgan fingerprint density at radius 2 is 1.89 bits per heavy atom. The van der Waals surface area contributed by atoms with Gasteiger partial charge in [-0.2, -0.15) is 0 Å². The van der Waals surface area contributed by atoms with Crippen molar-refractivity contribution in [2.45, 2.75) is 45.6 Å². The van der Waals surface area contributed by atoms with Gasteiger partial charge in [-0.05, 0) is 43.2 Å². The van der Waals surface area contributed by atoms with Gasteiger partial charge in [0.25, 0.3) is 0 Å². The molecule has 1 aliphatic carbocycles. The zero-order valence-corrected chi connectivity index (χ0v) is 11.4. The van der Waals surface area contributed by atoms with Crippen molar-refractivity contribution in [2.75, 3.05) is 5.32 Å². The van der Waals surface area contributed by atoms with Crippen LogP contribution in [0.1, 0.15) is 45.1 Å². The number of anilines is 1. The predicted molar refractivity (Wildman–Crippen MR) is 74.9 cm³/mol. The molecule has 1 aromatic rings. The first-order chi connectivity index (χ1) is 8.58. The highest BCUT2D eigenvalue weighted by Crippen LogP contribution is 2.32. The first-order valence-corrected chi connectivity index (χ1v) is 6.74. The molecule has 2 rings (SSSR count). The Balaban J connectivity index is 1.97. The molecule has 1 saturated carbocycles. The predicted octanol–water partition coefficient (Wildman–Crippen LogP) is 3.73. The van der Waals surface area contributed by atoms with E-state index in [2.05, 4.69) is 37.5 Å². The average Bonchev–Trinajstić information content (AvgIpc) is 3.12. The van der Waals surface area contributed by atoms with Crippen LogP contribution < -0.4 is 10.6 Å². The monoisotopic (exact) mass is 246 g/mol. The molecule has 98 valence electrons. The molecule has 0 aromatic heterocycles. The van der Waals surface area contributed by atoms with Gasteiger partial charge in [-0.1, -0.05) is 32.0 Å². The molecule has 3 nitrogen and oxygen atoms in total. The quantitative estimate of drug-likeness (QED) is 0.835. The van der Waals surface area contributed by atoms with Crippen molar-refractivity contribution >= 4 is 11.7 Å². The van der Waals surface area contributed by atoms with Crippen LogP contribution in [0.3, 0.4) is 0 Å². The number of urea groups is 1. The lowest BCUT2D eigenvalue weighted by Gasteiger charge is -2.17. The topological polar surface area (TPSA) is 41.1 Å². The molecule has 1 fully saturated rings. The zero-order chi connectivity index (χ0) is 13.1. The number of rotatable bonds is 4. The number of benzene rings is 1. The average molecular weight is 246 g/mol. The third-order valence-corrected chi connectivity index (χ3v) is 3.52. The SMILES string of the molecule is CC(C)c1ccccc1NC(=O)NC(C)C1CC1. The van der Waals surface area contributed by atoms with Gasteiger partial charge in [0.15, 0.2) is 0 Å². The largest absolute Gasteiger partial charge is 0.335 e. The molecule has 0 spiro atoms. The Labute approximate surface area is 109 Å². The van der Waals surface area contributed by atoms with Gasteiger partial charge in [0.2, 0.25) is 0 Å². The van der Waals surface area contributed by atoms with Crippen LogP contribution in [0.15, 0.2) is 24.3 Å². The minimum absolute atomic E-state index is 0.0949. The van der Waals surface area contributed by atoms with Crippen LogP contribution in [0.2, 0.25) is 0 Å². The van der Waals surface area contributed by atoms with Crippen molar-refractivity contribution in [3.05, 3.63) is 29.8 Å². The molecule has 0 bridgehead atoms. The summed E-state index contributed by atoms with van der Waals surface area (Å²) in [5, 5.41) is 5.96. The standard InChI is InChI=1S/C15H22N2O/c1-10(2)13-6-4-5-7-14(13)17-15(18)16-11(3)12-8-9-12/h4-7,10-12H,8-9H2,1-3H3,(H2,16,17,18). The molecule has 1 atom stereocenters. The maximum atomic E-state index is 11.9. The van der Waals surface area contributed by atoms with Crippen molar-refractivity contribution in [1.82, 2.24) is 5.32 Å². The second-order valence-electron chi connectivity index (χ2n) is 5.47. The molecular formula is C15H22N2O. The molecule has 1 unspecified atom stereocenters. The fourth-order valence-corrected chi connectivity index (χ4v) is 2.19. The summed E-state index contributed by atoms with van der Waals surface area (Å²) in [6, 6.07) is 8.15. The molecule has 3 heteroatoms. The Kier molecular flexibility index (Phi) is 3.90. The van der Waals surface area contributed by atoms with E-state index in [0.717, 1.165) is 5.69 Å². The molecule has 2 amide bonds. The molecule has 0 saturated heterocycles. The van der Waals surface area contributed by atoms with Crippen LogP contribution in [0.5, 0.6) is 0 Å². The third kappa shape index (κ3) is 3.25. The van der Waals surface area contributed by atoms with Crippen molar-refractivity contribution in [2.24, 2.45) is 5.92 Å². The van der Waals surface area contributed by atoms with E-state index in [1.165, 1.54) is 18.4 Å². The number of hydrogen-bond acceptors (Lipinski definition) is 1. The number of hydrogen-bond donors (Lipinski definition) is 2. The fraction of sp³-hybridized carbons (Fsp3) is 0.533. The van der Waals surface area contributed by atoms with E-state index in [1.54, 1.807) is 0 Å². The minimum atomic E-state index is -0.0949. The van der Waals surface area contributed by atoms with Crippen molar-refractivity contribution < 1.29 is 4.79 Å². The van der Waals surface area contributed by atoms with Gasteiger partial charge in [0.05, 0.1) is 0 Å². The van der Waals surface area contributed by atoms with Crippen LogP contribution in [0.4, 0.5) is 10.5 Å². The van der Waals surface area contributed by atoms with Crippen LogP contribution in [0.25, 0.3) is 0 Å². The summed E-state index contributed by atoms with van der Waals surface area (Å²) in [7, 11) is 0.